The maximum atomic E-state index is 13.2. The Labute approximate surface area is 155 Å². The third-order valence-corrected chi connectivity index (χ3v) is 3.85. The van der Waals surface area contributed by atoms with E-state index in [0.717, 1.165) is 18.5 Å². The normalized spacial score (nSPS) is 10.4. The van der Waals surface area contributed by atoms with Crippen molar-refractivity contribution in [3.05, 3.63) is 77.4 Å². The summed E-state index contributed by atoms with van der Waals surface area (Å²) in [5.74, 6) is -1.20. The van der Waals surface area contributed by atoms with Crippen molar-refractivity contribution in [2.24, 2.45) is 0 Å². The zero-order chi connectivity index (χ0) is 19.2. The van der Waals surface area contributed by atoms with Gasteiger partial charge in [-0.2, -0.15) is 5.10 Å². The molecule has 3 rings (SSSR count). The first-order valence-electron chi connectivity index (χ1n) is 8.58. The zero-order valence-corrected chi connectivity index (χ0v) is 14.8. The second-order valence-electron chi connectivity index (χ2n) is 6.03. The van der Waals surface area contributed by atoms with Gasteiger partial charge in [-0.15, -0.1) is 0 Å². The van der Waals surface area contributed by atoms with Gasteiger partial charge < -0.3 is 10.6 Å². The van der Waals surface area contributed by atoms with Gasteiger partial charge in [-0.1, -0.05) is 25.5 Å². The van der Waals surface area contributed by atoms with Crippen LogP contribution >= 0.6 is 0 Å². The molecule has 0 aliphatic carbocycles. The van der Waals surface area contributed by atoms with E-state index < -0.39 is 11.7 Å². The number of amides is 2. The number of nitrogens with zero attached hydrogens (tertiary/aromatic N) is 1. The molecule has 3 aromatic rings. The Bertz CT molecular complexity index is 968. The van der Waals surface area contributed by atoms with Gasteiger partial charge in [0, 0.05) is 22.6 Å². The molecule has 138 valence electrons. The summed E-state index contributed by atoms with van der Waals surface area (Å²) in [5, 5.41) is 12.2. The van der Waals surface area contributed by atoms with E-state index in [9.17, 15) is 14.0 Å². The smallest absolute Gasteiger partial charge is 0.276 e. The van der Waals surface area contributed by atoms with E-state index in [4.69, 9.17) is 0 Å². The number of nitrogens with one attached hydrogen (secondary N) is 3. The highest BCUT2D eigenvalue weighted by molar-refractivity contribution is 6.06. The Morgan fingerprint density at radius 1 is 1.00 bits per heavy atom. The first-order valence-corrected chi connectivity index (χ1v) is 8.58. The molecule has 2 amide bonds. The topological polar surface area (TPSA) is 86.9 Å². The van der Waals surface area contributed by atoms with Crippen molar-refractivity contribution in [2.45, 2.75) is 19.8 Å². The highest BCUT2D eigenvalue weighted by Gasteiger charge is 2.12. The summed E-state index contributed by atoms with van der Waals surface area (Å²) in [6.45, 7) is 2.04. The van der Waals surface area contributed by atoms with E-state index in [1.54, 1.807) is 36.4 Å². The number of carbonyl (C=O) groups excluding carboxylic acids is 2. The third-order valence-electron chi connectivity index (χ3n) is 3.85. The van der Waals surface area contributed by atoms with Gasteiger partial charge >= 0.3 is 0 Å². The number of hydrogen-bond donors (Lipinski definition) is 3. The summed E-state index contributed by atoms with van der Waals surface area (Å²) in [5.41, 5.74) is 2.34. The zero-order valence-electron chi connectivity index (χ0n) is 14.8. The number of aromatic nitrogens is 2. The molecule has 0 aliphatic rings. The van der Waals surface area contributed by atoms with Crippen molar-refractivity contribution in [1.29, 1.82) is 0 Å². The Kier molecular flexibility index (Phi) is 5.61. The molecule has 0 fully saturated rings. The number of rotatable bonds is 6. The Balaban J connectivity index is 1.69. The molecular formula is C20H19FN4O2. The SMILES string of the molecule is CCCc1cc(C(=O)Nc2cccc(C(=O)Nc3cccc(F)c3)c2)n[nH]1. The highest BCUT2D eigenvalue weighted by Crippen LogP contribution is 2.15. The van der Waals surface area contributed by atoms with Crippen LogP contribution in [0.2, 0.25) is 0 Å². The van der Waals surface area contributed by atoms with Gasteiger partial charge in [0.15, 0.2) is 5.69 Å². The minimum Gasteiger partial charge on any atom is -0.322 e. The summed E-state index contributed by atoms with van der Waals surface area (Å²) < 4.78 is 13.2. The van der Waals surface area contributed by atoms with Crippen LogP contribution in [0.3, 0.4) is 0 Å². The molecule has 0 spiro atoms. The molecule has 0 bridgehead atoms. The average Bonchev–Trinajstić information content (AvgIpc) is 3.11. The van der Waals surface area contributed by atoms with Crippen molar-refractivity contribution in [3.63, 3.8) is 0 Å². The lowest BCUT2D eigenvalue weighted by atomic mass is 10.1. The number of aromatic amines is 1. The van der Waals surface area contributed by atoms with Gasteiger partial charge in [0.2, 0.25) is 0 Å². The van der Waals surface area contributed by atoms with Crippen LogP contribution in [0, 0.1) is 5.82 Å². The van der Waals surface area contributed by atoms with E-state index in [1.165, 1.54) is 18.2 Å². The van der Waals surface area contributed by atoms with Gasteiger partial charge in [0.1, 0.15) is 5.82 Å². The van der Waals surface area contributed by atoms with E-state index in [2.05, 4.69) is 20.8 Å². The number of carbonyl (C=O) groups is 2. The summed E-state index contributed by atoms with van der Waals surface area (Å²) in [7, 11) is 0. The van der Waals surface area contributed by atoms with Crippen molar-refractivity contribution in [1.82, 2.24) is 10.2 Å². The molecule has 0 radical (unpaired) electrons. The molecule has 1 heterocycles. The fourth-order valence-corrected chi connectivity index (χ4v) is 2.58. The molecule has 0 saturated heterocycles. The fourth-order valence-electron chi connectivity index (χ4n) is 2.58. The molecule has 27 heavy (non-hydrogen) atoms. The lowest BCUT2D eigenvalue weighted by molar-refractivity contribution is 0.101. The number of hydrogen-bond acceptors (Lipinski definition) is 3. The molecule has 0 unspecified atom stereocenters. The predicted octanol–water partition coefficient (Wildman–Crippen LogP) is 4.01. The second-order valence-corrected chi connectivity index (χ2v) is 6.03. The second kappa shape index (κ2) is 8.27. The Hall–Kier alpha value is -3.48. The third kappa shape index (κ3) is 4.78. The van der Waals surface area contributed by atoms with Crippen molar-refractivity contribution < 1.29 is 14.0 Å². The fraction of sp³-hybridized carbons (Fsp3) is 0.150. The lowest BCUT2D eigenvalue weighted by Gasteiger charge is -2.08. The maximum absolute atomic E-state index is 13.2. The highest BCUT2D eigenvalue weighted by atomic mass is 19.1. The Morgan fingerprint density at radius 2 is 1.70 bits per heavy atom. The van der Waals surface area contributed by atoms with E-state index in [0.29, 0.717) is 16.9 Å². The van der Waals surface area contributed by atoms with Gasteiger partial charge in [-0.3, -0.25) is 14.7 Å². The molecule has 6 nitrogen and oxygen atoms in total. The van der Waals surface area contributed by atoms with Gasteiger partial charge in [0.05, 0.1) is 0 Å². The van der Waals surface area contributed by atoms with Crippen molar-refractivity contribution in [2.75, 3.05) is 10.6 Å². The van der Waals surface area contributed by atoms with Crippen LogP contribution in [0.5, 0.6) is 0 Å². The maximum Gasteiger partial charge on any atom is 0.276 e. The Morgan fingerprint density at radius 3 is 2.44 bits per heavy atom. The minimum atomic E-state index is -0.435. The van der Waals surface area contributed by atoms with E-state index in [-0.39, 0.29) is 11.6 Å². The molecule has 0 atom stereocenters. The molecule has 0 aliphatic heterocycles. The van der Waals surface area contributed by atoms with Crippen LogP contribution in [-0.2, 0) is 6.42 Å². The number of H-pyrrole nitrogens is 1. The number of anilines is 2. The van der Waals surface area contributed by atoms with Crippen LogP contribution in [0.25, 0.3) is 0 Å². The molecular weight excluding hydrogens is 347 g/mol. The van der Waals surface area contributed by atoms with Crippen LogP contribution in [-0.4, -0.2) is 22.0 Å². The quantitative estimate of drug-likeness (QED) is 0.616. The van der Waals surface area contributed by atoms with Crippen molar-refractivity contribution in [3.8, 4) is 0 Å². The standard InChI is InChI=1S/C20H19FN4O2/c1-2-5-17-12-18(25-24-17)20(27)23-15-8-3-6-13(10-15)19(26)22-16-9-4-7-14(21)11-16/h3-4,6-12H,2,5H2,1H3,(H,22,26)(H,23,27)(H,24,25). The summed E-state index contributed by atoms with van der Waals surface area (Å²) in [6, 6.07) is 13.8. The van der Waals surface area contributed by atoms with Crippen LogP contribution in [0.15, 0.2) is 54.6 Å². The first-order chi connectivity index (χ1) is 13.0. The minimum absolute atomic E-state index is 0.285. The predicted molar refractivity (Wildman–Crippen MR) is 101 cm³/mol. The van der Waals surface area contributed by atoms with Gasteiger partial charge in [-0.25, -0.2) is 4.39 Å². The van der Waals surface area contributed by atoms with Crippen molar-refractivity contribution >= 4 is 23.2 Å². The van der Waals surface area contributed by atoms with Crippen LogP contribution in [0.4, 0.5) is 15.8 Å². The molecule has 7 heteroatoms. The van der Waals surface area contributed by atoms with E-state index in [1.807, 2.05) is 6.92 Å². The molecule has 0 saturated carbocycles. The van der Waals surface area contributed by atoms with Gasteiger partial charge in [0.25, 0.3) is 11.8 Å². The monoisotopic (exact) mass is 366 g/mol. The first kappa shape index (κ1) is 18.3. The number of benzene rings is 2. The summed E-state index contributed by atoms with van der Waals surface area (Å²) in [6.07, 6.45) is 1.77. The van der Waals surface area contributed by atoms with Gasteiger partial charge in [-0.05, 0) is 48.9 Å². The molecule has 1 aromatic heterocycles. The summed E-state index contributed by atoms with van der Waals surface area (Å²) in [4.78, 5) is 24.7. The summed E-state index contributed by atoms with van der Waals surface area (Å²) >= 11 is 0. The lowest BCUT2D eigenvalue weighted by Crippen LogP contribution is -2.15. The number of halogens is 1. The van der Waals surface area contributed by atoms with Crippen LogP contribution < -0.4 is 10.6 Å². The number of aryl methyl sites for hydroxylation is 1. The largest absolute Gasteiger partial charge is 0.322 e. The average molecular weight is 366 g/mol. The van der Waals surface area contributed by atoms with E-state index >= 15 is 0 Å². The molecule has 2 aromatic carbocycles. The molecule has 3 N–H and O–H groups in total. The van der Waals surface area contributed by atoms with Crippen LogP contribution in [0.1, 0.15) is 39.9 Å².